The highest BCUT2D eigenvalue weighted by Crippen LogP contribution is 2.26. The third-order valence-electron chi connectivity index (χ3n) is 2.17. The molecular formula is C13H16N4O. The molecule has 0 amide bonds. The van der Waals surface area contributed by atoms with Gasteiger partial charge in [-0.05, 0) is 26.0 Å². The van der Waals surface area contributed by atoms with Gasteiger partial charge in [0.15, 0.2) is 0 Å². The lowest BCUT2D eigenvalue weighted by atomic mass is 10.3. The van der Waals surface area contributed by atoms with Crippen LogP contribution in [-0.4, -0.2) is 16.1 Å². The van der Waals surface area contributed by atoms with Crippen LogP contribution in [0.1, 0.15) is 13.8 Å². The number of nitrogens with one attached hydrogen (secondary N) is 1. The molecule has 2 rings (SSSR count). The second kappa shape index (κ2) is 5.35. The molecule has 1 aromatic carbocycles. The number of para-hydroxylation sites is 2. The molecule has 1 aromatic heterocycles. The summed E-state index contributed by atoms with van der Waals surface area (Å²) in [7, 11) is 0. The minimum absolute atomic E-state index is 0.111. The van der Waals surface area contributed by atoms with Crippen molar-refractivity contribution in [3.8, 4) is 5.75 Å². The number of hydrogen-bond donors (Lipinski definition) is 2. The molecule has 2 aromatic rings. The van der Waals surface area contributed by atoms with Crippen molar-refractivity contribution in [2.24, 2.45) is 0 Å². The maximum Gasteiger partial charge on any atom is 0.227 e. The normalized spacial score (nSPS) is 10.4. The maximum atomic E-state index is 5.70. The number of hydrogen-bond acceptors (Lipinski definition) is 5. The van der Waals surface area contributed by atoms with E-state index in [2.05, 4.69) is 15.3 Å². The molecule has 0 aliphatic heterocycles. The van der Waals surface area contributed by atoms with Crippen molar-refractivity contribution in [2.45, 2.75) is 20.0 Å². The van der Waals surface area contributed by atoms with E-state index in [1.165, 1.54) is 0 Å². The maximum absolute atomic E-state index is 5.70. The van der Waals surface area contributed by atoms with Gasteiger partial charge in [-0.1, -0.05) is 12.1 Å². The summed E-state index contributed by atoms with van der Waals surface area (Å²) in [4.78, 5) is 8.18. The molecular weight excluding hydrogens is 228 g/mol. The molecule has 0 aliphatic rings. The molecule has 5 heteroatoms. The molecule has 1 heterocycles. The van der Waals surface area contributed by atoms with Crippen LogP contribution in [0.5, 0.6) is 5.75 Å². The Bertz CT molecular complexity index is 511. The monoisotopic (exact) mass is 244 g/mol. The zero-order chi connectivity index (χ0) is 13.0. The van der Waals surface area contributed by atoms with Gasteiger partial charge in [0, 0.05) is 0 Å². The van der Waals surface area contributed by atoms with Crippen molar-refractivity contribution in [3.05, 3.63) is 36.7 Å². The Morgan fingerprint density at radius 3 is 2.50 bits per heavy atom. The minimum atomic E-state index is 0.111. The SMILES string of the molecule is CC(C)Oc1ccccc1Nc1ncc(N)cn1. The fourth-order valence-corrected chi connectivity index (χ4v) is 1.45. The summed E-state index contributed by atoms with van der Waals surface area (Å²) < 4.78 is 5.70. The highest BCUT2D eigenvalue weighted by Gasteiger charge is 2.06. The summed E-state index contributed by atoms with van der Waals surface area (Å²) in [6.45, 7) is 3.97. The first-order valence-corrected chi connectivity index (χ1v) is 5.75. The Morgan fingerprint density at radius 2 is 1.83 bits per heavy atom. The van der Waals surface area contributed by atoms with E-state index < -0.39 is 0 Å². The molecule has 94 valence electrons. The first-order chi connectivity index (χ1) is 8.65. The van der Waals surface area contributed by atoms with Gasteiger partial charge in [-0.3, -0.25) is 0 Å². The molecule has 0 unspecified atom stereocenters. The lowest BCUT2D eigenvalue weighted by Gasteiger charge is -2.14. The molecule has 0 aliphatic carbocycles. The Balaban J connectivity index is 2.20. The minimum Gasteiger partial charge on any atom is -0.489 e. The van der Waals surface area contributed by atoms with Crippen LogP contribution in [0.2, 0.25) is 0 Å². The van der Waals surface area contributed by atoms with Gasteiger partial charge in [0.05, 0.1) is 29.9 Å². The largest absolute Gasteiger partial charge is 0.489 e. The molecule has 0 saturated carbocycles. The first-order valence-electron chi connectivity index (χ1n) is 5.75. The molecule has 0 radical (unpaired) electrons. The Hall–Kier alpha value is -2.30. The van der Waals surface area contributed by atoms with E-state index in [0.29, 0.717) is 11.6 Å². The Morgan fingerprint density at radius 1 is 1.17 bits per heavy atom. The second-order valence-electron chi connectivity index (χ2n) is 4.13. The number of nitrogens with two attached hydrogens (primary N) is 1. The van der Waals surface area contributed by atoms with Crippen LogP contribution in [0.15, 0.2) is 36.7 Å². The zero-order valence-electron chi connectivity index (χ0n) is 10.4. The van der Waals surface area contributed by atoms with Gasteiger partial charge in [0.2, 0.25) is 5.95 Å². The predicted molar refractivity (Wildman–Crippen MR) is 71.9 cm³/mol. The molecule has 0 fully saturated rings. The molecule has 0 saturated heterocycles. The number of rotatable bonds is 4. The Kier molecular flexibility index (Phi) is 3.62. The molecule has 0 spiro atoms. The fraction of sp³-hybridized carbons (Fsp3) is 0.231. The van der Waals surface area contributed by atoms with Gasteiger partial charge in [0.1, 0.15) is 5.75 Å². The summed E-state index contributed by atoms with van der Waals surface area (Å²) in [5.41, 5.74) is 6.90. The smallest absolute Gasteiger partial charge is 0.227 e. The predicted octanol–water partition coefficient (Wildman–Crippen LogP) is 2.59. The average Bonchev–Trinajstić information content (AvgIpc) is 2.34. The van der Waals surface area contributed by atoms with Crippen LogP contribution in [0.3, 0.4) is 0 Å². The van der Waals surface area contributed by atoms with Crippen molar-refractivity contribution in [3.63, 3.8) is 0 Å². The number of aromatic nitrogens is 2. The van der Waals surface area contributed by atoms with Gasteiger partial charge in [-0.2, -0.15) is 0 Å². The number of anilines is 3. The van der Waals surface area contributed by atoms with Gasteiger partial charge in [-0.25, -0.2) is 9.97 Å². The van der Waals surface area contributed by atoms with E-state index >= 15 is 0 Å². The fourth-order valence-electron chi connectivity index (χ4n) is 1.45. The van der Waals surface area contributed by atoms with Gasteiger partial charge in [-0.15, -0.1) is 0 Å². The lowest BCUT2D eigenvalue weighted by molar-refractivity contribution is 0.244. The summed E-state index contributed by atoms with van der Waals surface area (Å²) in [6, 6.07) is 7.66. The van der Waals surface area contributed by atoms with Crippen LogP contribution in [0, 0.1) is 0 Å². The van der Waals surface area contributed by atoms with Crippen molar-refractivity contribution in [2.75, 3.05) is 11.1 Å². The zero-order valence-corrected chi connectivity index (χ0v) is 10.4. The van der Waals surface area contributed by atoms with E-state index in [-0.39, 0.29) is 6.10 Å². The van der Waals surface area contributed by atoms with Crippen LogP contribution in [0.25, 0.3) is 0 Å². The molecule has 18 heavy (non-hydrogen) atoms. The quantitative estimate of drug-likeness (QED) is 0.864. The molecule has 0 bridgehead atoms. The average molecular weight is 244 g/mol. The third kappa shape index (κ3) is 3.10. The number of benzene rings is 1. The highest BCUT2D eigenvalue weighted by molar-refractivity contribution is 5.62. The van der Waals surface area contributed by atoms with Gasteiger partial charge in [0.25, 0.3) is 0 Å². The van der Waals surface area contributed by atoms with Crippen molar-refractivity contribution < 1.29 is 4.74 Å². The Labute approximate surface area is 106 Å². The summed E-state index contributed by atoms with van der Waals surface area (Å²) in [5.74, 6) is 1.26. The lowest BCUT2D eigenvalue weighted by Crippen LogP contribution is -2.08. The van der Waals surface area contributed by atoms with Gasteiger partial charge >= 0.3 is 0 Å². The van der Waals surface area contributed by atoms with Gasteiger partial charge < -0.3 is 15.8 Å². The number of ether oxygens (including phenoxy) is 1. The standard InChI is InChI=1S/C13H16N4O/c1-9(2)18-12-6-4-3-5-11(12)17-13-15-7-10(14)8-16-13/h3-9H,14H2,1-2H3,(H,15,16,17). The van der Waals surface area contributed by atoms with E-state index in [4.69, 9.17) is 10.5 Å². The van der Waals surface area contributed by atoms with Crippen LogP contribution < -0.4 is 15.8 Å². The van der Waals surface area contributed by atoms with Crippen LogP contribution >= 0.6 is 0 Å². The van der Waals surface area contributed by atoms with Crippen LogP contribution in [0.4, 0.5) is 17.3 Å². The topological polar surface area (TPSA) is 73.1 Å². The molecule has 0 atom stereocenters. The summed E-state index contributed by atoms with van der Waals surface area (Å²) in [5, 5.41) is 3.10. The van der Waals surface area contributed by atoms with E-state index in [9.17, 15) is 0 Å². The number of nitrogen functional groups attached to an aromatic ring is 1. The van der Waals surface area contributed by atoms with E-state index in [0.717, 1.165) is 11.4 Å². The molecule has 5 nitrogen and oxygen atoms in total. The number of nitrogens with zero attached hydrogens (tertiary/aromatic N) is 2. The van der Waals surface area contributed by atoms with E-state index in [1.54, 1.807) is 12.4 Å². The summed E-state index contributed by atoms with van der Waals surface area (Å²) >= 11 is 0. The van der Waals surface area contributed by atoms with Crippen molar-refractivity contribution in [1.82, 2.24) is 9.97 Å². The van der Waals surface area contributed by atoms with E-state index in [1.807, 2.05) is 38.1 Å². The van der Waals surface area contributed by atoms with Crippen molar-refractivity contribution >= 4 is 17.3 Å². The second-order valence-corrected chi connectivity index (χ2v) is 4.13. The highest BCUT2D eigenvalue weighted by atomic mass is 16.5. The molecule has 3 N–H and O–H groups in total. The third-order valence-corrected chi connectivity index (χ3v) is 2.17. The summed E-state index contributed by atoms with van der Waals surface area (Å²) in [6.07, 6.45) is 3.22. The first kappa shape index (κ1) is 12.2. The van der Waals surface area contributed by atoms with Crippen molar-refractivity contribution in [1.29, 1.82) is 0 Å². The van der Waals surface area contributed by atoms with Crippen LogP contribution in [-0.2, 0) is 0 Å².